The Balaban J connectivity index is 2.77. The molecule has 1 atom stereocenters. The van der Waals surface area contributed by atoms with Gasteiger partial charge in [-0.05, 0) is 63.6 Å². The van der Waals surface area contributed by atoms with Gasteiger partial charge in [-0.15, -0.1) is 0 Å². The number of nitrogens with one attached hydrogen (secondary N) is 1. The van der Waals surface area contributed by atoms with Gasteiger partial charge in [-0.2, -0.15) is 0 Å². The molecule has 0 saturated carbocycles. The van der Waals surface area contributed by atoms with Gasteiger partial charge in [0.05, 0.1) is 11.7 Å². The summed E-state index contributed by atoms with van der Waals surface area (Å²) in [5, 5.41) is 11.7. The van der Waals surface area contributed by atoms with Gasteiger partial charge in [0.1, 0.15) is 0 Å². The van der Waals surface area contributed by atoms with Crippen LogP contribution < -0.4 is 5.32 Å². The highest BCUT2D eigenvalue weighted by atomic mass is 127. The molecule has 0 spiro atoms. The van der Waals surface area contributed by atoms with E-state index in [1.807, 2.05) is 12.1 Å². The Morgan fingerprint density at radius 3 is 2.93 bits per heavy atom. The SMILES string of the molecule is C[C@@H](O)CNC(=O)c1cc(I)ccc1Br. The zero-order chi connectivity index (χ0) is 11.4. The first-order valence-corrected chi connectivity index (χ1v) is 6.29. The second-order valence-corrected chi connectivity index (χ2v) is 5.28. The normalized spacial score (nSPS) is 12.3. The van der Waals surface area contributed by atoms with Gasteiger partial charge in [0, 0.05) is 14.6 Å². The number of hydrogen-bond acceptors (Lipinski definition) is 2. The predicted molar refractivity (Wildman–Crippen MR) is 70.9 cm³/mol. The van der Waals surface area contributed by atoms with Crippen LogP contribution in [-0.2, 0) is 0 Å². The highest BCUT2D eigenvalue weighted by Gasteiger charge is 2.10. The minimum atomic E-state index is -0.532. The molecule has 0 heterocycles. The molecule has 1 aromatic carbocycles. The van der Waals surface area contributed by atoms with Crippen LogP contribution in [0.3, 0.4) is 0 Å². The van der Waals surface area contributed by atoms with Crippen LogP contribution in [0, 0.1) is 3.57 Å². The van der Waals surface area contributed by atoms with E-state index in [0.29, 0.717) is 5.56 Å². The van der Waals surface area contributed by atoms with Gasteiger partial charge >= 0.3 is 0 Å². The summed E-state index contributed by atoms with van der Waals surface area (Å²) < 4.78 is 1.75. The zero-order valence-electron chi connectivity index (χ0n) is 8.13. The van der Waals surface area contributed by atoms with Gasteiger partial charge in [-0.25, -0.2) is 0 Å². The molecule has 1 amide bonds. The summed E-state index contributed by atoms with van der Waals surface area (Å²) in [6.45, 7) is 1.89. The molecule has 0 aliphatic heterocycles. The Bertz CT molecular complexity index is 368. The summed E-state index contributed by atoms with van der Waals surface area (Å²) in [6.07, 6.45) is -0.532. The fourth-order valence-electron chi connectivity index (χ4n) is 1.01. The maximum Gasteiger partial charge on any atom is 0.252 e. The van der Waals surface area contributed by atoms with Crippen molar-refractivity contribution in [1.29, 1.82) is 0 Å². The molecule has 82 valence electrons. The lowest BCUT2D eigenvalue weighted by Crippen LogP contribution is -2.30. The zero-order valence-corrected chi connectivity index (χ0v) is 11.9. The Hall–Kier alpha value is -0.140. The smallest absolute Gasteiger partial charge is 0.252 e. The Kier molecular flexibility index (Phi) is 5.01. The van der Waals surface area contributed by atoms with Crippen molar-refractivity contribution in [1.82, 2.24) is 5.32 Å². The van der Waals surface area contributed by atoms with Crippen LogP contribution in [0.1, 0.15) is 17.3 Å². The molecule has 5 heteroatoms. The summed E-state index contributed by atoms with van der Waals surface area (Å²) in [6, 6.07) is 5.54. The number of hydrogen-bond donors (Lipinski definition) is 2. The molecule has 2 N–H and O–H groups in total. The number of benzene rings is 1. The fraction of sp³-hybridized carbons (Fsp3) is 0.300. The molecule has 0 bridgehead atoms. The minimum Gasteiger partial charge on any atom is -0.392 e. The standard InChI is InChI=1S/C10H11BrINO2/c1-6(14)5-13-10(15)8-4-7(12)2-3-9(8)11/h2-4,6,14H,5H2,1H3,(H,13,15)/t6-/m1/s1. The molecule has 3 nitrogen and oxygen atoms in total. The lowest BCUT2D eigenvalue weighted by atomic mass is 10.2. The first-order valence-electron chi connectivity index (χ1n) is 4.42. The number of carbonyl (C=O) groups is 1. The summed E-state index contributed by atoms with van der Waals surface area (Å²) in [5.74, 6) is -0.179. The molecule has 0 aliphatic rings. The highest BCUT2D eigenvalue weighted by molar-refractivity contribution is 14.1. The molecule has 1 rings (SSSR count). The Labute approximate surface area is 111 Å². The molecule has 0 unspecified atom stereocenters. The summed E-state index contributed by atoms with van der Waals surface area (Å²) in [5.41, 5.74) is 0.586. The van der Waals surface area contributed by atoms with Gasteiger partial charge < -0.3 is 10.4 Å². The first kappa shape index (κ1) is 12.9. The van der Waals surface area contributed by atoms with Crippen molar-refractivity contribution < 1.29 is 9.90 Å². The van der Waals surface area contributed by atoms with E-state index < -0.39 is 6.10 Å². The molecular formula is C10H11BrINO2. The number of amides is 1. The molecule has 0 aromatic heterocycles. The molecule has 0 radical (unpaired) electrons. The van der Waals surface area contributed by atoms with Crippen LogP contribution in [-0.4, -0.2) is 23.7 Å². The second-order valence-electron chi connectivity index (χ2n) is 3.18. The van der Waals surface area contributed by atoms with E-state index >= 15 is 0 Å². The number of aliphatic hydroxyl groups excluding tert-OH is 1. The Morgan fingerprint density at radius 1 is 1.67 bits per heavy atom. The molecular weight excluding hydrogens is 373 g/mol. The van der Waals surface area contributed by atoms with E-state index in [4.69, 9.17) is 5.11 Å². The third-order valence-electron chi connectivity index (χ3n) is 1.73. The summed E-state index contributed by atoms with van der Waals surface area (Å²) in [4.78, 5) is 11.7. The van der Waals surface area contributed by atoms with E-state index in [1.165, 1.54) is 0 Å². The number of halogens is 2. The van der Waals surface area contributed by atoms with Crippen molar-refractivity contribution in [3.05, 3.63) is 31.8 Å². The van der Waals surface area contributed by atoms with Crippen LogP contribution in [0.4, 0.5) is 0 Å². The van der Waals surface area contributed by atoms with Crippen molar-refractivity contribution in [2.45, 2.75) is 13.0 Å². The molecule has 15 heavy (non-hydrogen) atoms. The number of carbonyl (C=O) groups excluding carboxylic acids is 1. The quantitative estimate of drug-likeness (QED) is 0.786. The number of rotatable bonds is 3. The van der Waals surface area contributed by atoms with Gasteiger partial charge in [-0.3, -0.25) is 4.79 Å². The van der Waals surface area contributed by atoms with Crippen molar-refractivity contribution >= 4 is 44.4 Å². The van der Waals surface area contributed by atoms with Gasteiger partial charge in [0.2, 0.25) is 0 Å². The highest BCUT2D eigenvalue weighted by Crippen LogP contribution is 2.19. The van der Waals surface area contributed by atoms with E-state index in [9.17, 15) is 4.79 Å². The third kappa shape index (κ3) is 4.08. The topological polar surface area (TPSA) is 49.3 Å². The molecule has 0 saturated heterocycles. The summed E-state index contributed by atoms with van der Waals surface area (Å²) >= 11 is 5.46. The molecule has 1 aromatic rings. The second kappa shape index (κ2) is 5.81. The van der Waals surface area contributed by atoms with Crippen LogP contribution in [0.15, 0.2) is 22.7 Å². The van der Waals surface area contributed by atoms with Gasteiger partial charge in [0.25, 0.3) is 5.91 Å². The first-order chi connectivity index (χ1) is 7.00. The van der Waals surface area contributed by atoms with Crippen molar-refractivity contribution in [3.63, 3.8) is 0 Å². The average Bonchev–Trinajstić information content (AvgIpc) is 2.18. The minimum absolute atomic E-state index is 0.179. The van der Waals surface area contributed by atoms with Crippen LogP contribution in [0.5, 0.6) is 0 Å². The maximum absolute atomic E-state index is 11.7. The Morgan fingerprint density at radius 2 is 2.33 bits per heavy atom. The summed E-state index contributed by atoms with van der Waals surface area (Å²) in [7, 11) is 0. The predicted octanol–water partition coefficient (Wildman–Crippen LogP) is 2.16. The van der Waals surface area contributed by atoms with Gasteiger partial charge in [0.15, 0.2) is 0 Å². The van der Waals surface area contributed by atoms with Gasteiger partial charge in [-0.1, -0.05) is 0 Å². The van der Waals surface area contributed by atoms with E-state index in [0.717, 1.165) is 8.04 Å². The molecule has 0 fully saturated rings. The largest absolute Gasteiger partial charge is 0.392 e. The lowest BCUT2D eigenvalue weighted by Gasteiger charge is -2.08. The lowest BCUT2D eigenvalue weighted by molar-refractivity contribution is 0.0923. The van der Waals surface area contributed by atoms with Crippen LogP contribution in [0.2, 0.25) is 0 Å². The van der Waals surface area contributed by atoms with Crippen molar-refractivity contribution in [2.75, 3.05) is 6.54 Å². The molecule has 0 aliphatic carbocycles. The monoisotopic (exact) mass is 383 g/mol. The van der Waals surface area contributed by atoms with Crippen molar-refractivity contribution in [3.8, 4) is 0 Å². The van der Waals surface area contributed by atoms with Crippen LogP contribution in [0.25, 0.3) is 0 Å². The maximum atomic E-state index is 11.7. The fourth-order valence-corrected chi connectivity index (χ4v) is 1.93. The van der Waals surface area contributed by atoms with Crippen molar-refractivity contribution in [2.24, 2.45) is 0 Å². The third-order valence-corrected chi connectivity index (χ3v) is 3.09. The average molecular weight is 384 g/mol. The van der Waals surface area contributed by atoms with E-state index in [1.54, 1.807) is 13.0 Å². The van der Waals surface area contributed by atoms with E-state index in [-0.39, 0.29) is 12.5 Å². The van der Waals surface area contributed by atoms with E-state index in [2.05, 4.69) is 43.8 Å². The number of aliphatic hydroxyl groups is 1. The van der Waals surface area contributed by atoms with Crippen LogP contribution >= 0.6 is 38.5 Å².